The molecule has 0 unspecified atom stereocenters. The van der Waals surface area contributed by atoms with Gasteiger partial charge in [-0.3, -0.25) is 4.90 Å². The van der Waals surface area contributed by atoms with Crippen molar-refractivity contribution < 1.29 is 32.5 Å². The molecule has 2 aliphatic heterocycles. The number of aliphatic hydroxyl groups is 1. The molecule has 2 atom stereocenters. The van der Waals surface area contributed by atoms with Crippen molar-refractivity contribution in [3.05, 3.63) is 88.4 Å². The van der Waals surface area contributed by atoms with Gasteiger partial charge in [-0.05, 0) is 57.0 Å². The van der Waals surface area contributed by atoms with Crippen molar-refractivity contribution in [2.45, 2.75) is 52.6 Å². The number of alkyl halides is 3. The van der Waals surface area contributed by atoms with Crippen molar-refractivity contribution in [3.8, 4) is 21.0 Å². The van der Waals surface area contributed by atoms with Crippen molar-refractivity contribution in [3.63, 3.8) is 0 Å². The Kier molecular flexibility index (Phi) is 8.70. The lowest BCUT2D eigenvalue weighted by Gasteiger charge is -2.28. The van der Waals surface area contributed by atoms with E-state index < -0.39 is 30.0 Å². The summed E-state index contributed by atoms with van der Waals surface area (Å²) >= 11 is 1.46. The lowest BCUT2D eigenvalue weighted by atomic mass is 9.98. The van der Waals surface area contributed by atoms with Crippen LogP contribution in [0.2, 0.25) is 0 Å². The smallest absolute Gasteiger partial charge is 0.416 e. The third-order valence-corrected chi connectivity index (χ3v) is 9.67. The number of anilines is 1. The van der Waals surface area contributed by atoms with Gasteiger partial charge in [0.25, 0.3) is 0 Å². The Balaban J connectivity index is 1.37. The number of hydrogen-bond donors (Lipinski definition) is 1. The van der Waals surface area contributed by atoms with Gasteiger partial charge in [-0.1, -0.05) is 30.3 Å². The number of aromatic nitrogens is 3. The molecule has 4 aromatic rings. The summed E-state index contributed by atoms with van der Waals surface area (Å²) in [7, 11) is 0. The number of cyclic esters (lactones) is 1. The van der Waals surface area contributed by atoms with E-state index in [4.69, 9.17) is 19.4 Å². The molecule has 13 heteroatoms. The van der Waals surface area contributed by atoms with Crippen LogP contribution in [-0.2, 0) is 22.2 Å². The van der Waals surface area contributed by atoms with Crippen molar-refractivity contribution in [2.75, 3.05) is 31.2 Å². The van der Waals surface area contributed by atoms with Crippen molar-refractivity contribution in [1.29, 1.82) is 0 Å². The highest BCUT2D eigenvalue weighted by Gasteiger charge is 2.42. The summed E-state index contributed by atoms with van der Waals surface area (Å²) in [5.41, 5.74) is 4.37. The number of morpholine rings is 1. The van der Waals surface area contributed by atoms with Gasteiger partial charge in [0.1, 0.15) is 16.9 Å². The number of nitrogens with zero attached hydrogens (tertiary/aromatic N) is 5. The molecule has 0 spiro atoms. The molecule has 1 amide bonds. The summed E-state index contributed by atoms with van der Waals surface area (Å²) in [4.78, 5) is 32.1. The number of carbonyl (C=O) groups excluding carboxylic acids is 1. The zero-order valence-electron chi connectivity index (χ0n) is 26.4. The molecule has 2 aromatic carbocycles. The average Bonchev–Trinajstić information content (AvgIpc) is 3.55. The Morgan fingerprint density at radius 2 is 1.83 bits per heavy atom. The Morgan fingerprint density at radius 1 is 1.09 bits per heavy atom. The van der Waals surface area contributed by atoms with Gasteiger partial charge < -0.3 is 19.5 Å². The van der Waals surface area contributed by atoms with E-state index in [1.807, 2.05) is 30.9 Å². The summed E-state index contributed by atoms with van der Waals surface area (Å²) in [5, 5.41) is 10.6. The summed E-state index contributed by atoms with van der Waals surface area (Å²) in [6, 6.07) is 8.69. The zero-order valence-corrected chi connectivity index (χ0v) is 27.2. The van der Waals surface area contributed by atoms with E-state index in [1.165, 1.54) is 16.2 Å². The normalized spacial score (nSPS) is 18.5. The molecule has 1 N–H and O–H groups in total. The first kappa shape index (κ1) is 32.5. The standard InChI is InChI=1S/C34H34F3N5O4S/c1-18-12-24(15-25(13-18)34(35,36)37)29-21(4)42(33(44)46-29)17-28-27(16-38-32(40-28)41-8-10-45-11-9-41)30-20(3)39-31(47-30)26-7-6-23(22(5)43)14-19(26)2/h6-7,12-16,21,29,43H,5,8-11,17H2,1-4H3/t21-,29-/m0/s1. The van der Waals surface area contributed by atoms with Gasteiger partial charge in [-0.25, -0.2) is 19.7 Å². The second-order valence-corrected chi connectivity index (χ2v) is 12.8. The van der Waals surface area contributed by atoms with Crippen LogP contribution in [0.4, 0.5) is 23.9 Å². The molecule has 2 saturated heterocycles. The largest absolute Gasteiger partial charge is 0.508 e. The number of rotatable bonds is 7. The highest BCUT2D eigenvalue weighted by Crippen LogP contribution is 2.41. The Morgan fingerprint density at radius 3 is 2.51 bits per heavy atom. The van der Waals surface area contributed by atoms with Gasteiger partial charge in [0.2, 0.25) is 5.95 Å². The van der Waals surface area contributed by atoms with Crippen LogP contribution < -0.4 is 4.90 Å². The monoisotopic (exact) mass is 665 g/mol. The highest BCUT2D eigenvalue weighted by atomic mass is 32.1. The number of thiazole rings is 1. The molecule has 0 aliphatic carbocycles. The van der Waals surface area contributed by atoms with Crippen LogP contribution in [0.3, 0.4) is 0 Å². The topological polar surface area (TPSA) is 101 Å². The molecule has 6 rings (SSSR count). The maximum atomic E-state index is 13.6. The minimum absolute atomic E-state index is 0.0158. The molecule has 0 radical (unpaired) electrons. The maximum Gasteiger partial charge on any atom is 0.416 e. The molecule has 9 nitrogen and oxygen atoms in total. The minimum atomic E-state index is -4.53. The first-order valence-electron chi connectivity index (χ1n) is 15.1. The molecular weight excluding hydrogens is 631 g/mol. The quantitative estimate of drug-likeness (QED) is 0.201. The van der Waals surface area contributed by atoms with Crippen molar-refractivity contribution in [1.82, 2.24) is 19.9 Å². The molecule has 4 heterocycles. The Hall–Kier alpha value is -4.49. The minimum Gasteiger partial charge on any atom is -0.508 e. The van der Waals surface area contributed by atoms with Crippen LogP contribution in [0.25, 0.3) is 26.8 Å². The SMILES string of the molecule is C=C(O)c1ccc(-c2nc(C)c(-c3cnc(N4CCOCC4)nc3CN3C(=O)O[C@H](c4cc(C)cc(C(F)(F)F)c4)[C@@H]3C)s2)c(C)c1. The molecule has 0 bridgehead atoms. The summed E-state index contributed by atoms with van der Waals surface area (Å²) in [5.74, 6) is 0.480. The fourth-order valence-electron chi connectivity index (χ4n) is 5.94. The van der Waals surface area contributed by atoms with Gasteiger partial charge in [0.15, 0.2) is 0 Å². The predicted octanol–water partition coefficient (Wildman–Crippen LogP) is 7.66. The lowest BCUT2D eigenvalue weighted by molar-refractivity contribution is -0.137. The number of carbonyl (C=O) groups is 1. The van der Waals surface area contributed by atoms with E-state index in [1.54, 1.807) is 32.2 Å². The zero-order chi connectivity index (χ0) is 33.6. The third kappa shape index (κ3) is 6.54. The van der Waals surface area contributed by atoms with Gasteiger partial charge >= 0.3 is 12.3 Å². The number of ether oxygens (including phenoxy) is 2. The van der Waals surface area contributed by atoms with Crippen LogP contribution in [-0.4, -0.2) is 63.4 Å². The Labute approximate surface area is 274 Å². The number of amides is 1. The van der Waals surface area contributed by atoms with E-state index >= 15 is 0 Å². The van der Waals surface area contributed by atoms with E-state index in [0.29, 0.717) is 54.6 Å². The third-order valence-electron chi connectivity index (χ3n) is 8.45. The second kappa shape index (κ2) is 12.6. The molecule has 47 heavy (non-hydrogen) atoms. The molecule has 246 valence electrons. The Bertz CT molecular complexity index is 1850. The summed E-state index contributed by atoms with van der Waals surface area (Å²) in [6.45, 7) is 13.1. The molecule has 2 aromatic heterocycles. The number of benzene rings is 2. The molecule has 2 aliphatic rings. The van der Waals surface area contributed by atoms with Crippen LogP contribution in [0.5, 0.6) is 0 Å². The van der Waals surface area contributed by atoms with Gasteiger partial charge in [-0.15, -0.1) is 11.3 Å². The summed E-state index contributed by atoms with van der Waals surface area (Å²) in [6.07, 6.45) is -4.33. The number of aliphatic hydroxyl groups excluding tert-OH is 1. The van der Waals surface area contributed by atoms with E-state index in [-0.39, 0.29) is 17.9 Å². The number of halogens is 3. The van der Waals surface area contributed by atoms with E-state index in [2.05, 4.69) is 11.6 Å². The van der Waals surface area contributed by atoms with Crippen molar-refractivity contribution in [2.24, 2.45) is 0 Å². The van der Waals surface area contributed by atoms with Crippen LogP contribution in [0.15, 0.2) is 49.2 Å². The predicted molar refractivity (Wildman–Crippen MR) is 173 cm³/mol. The second-order valence-electron chi connectivity index (χ2n) is 11.8. The number of hydrogen-bond acceptors (Lipinski definition) is 9. The first-order chi connectivity index (χ1) is 22.3. The molecule has 0 saturated carbocycles. The van der Waals surface area contributed by atoms with E-state index in [9.17, 15) is 23.1 Å². The first-order valence-corrected chi connectivity index (χ1v) is 15.9. The fraction of sp³-hybridized carbons (Fsp3) is 0.353. The highest BCUT2D eigenvalue weighted by molar-refractivity contribution is 7.18. The maximum absolute atomic E-state index is 13.6. The van der Waals surface area contributed by atoms with Gasteiger partial charge in [-0.2, -0.15) is 13.2 Å². The lowest BCUT2D eigenvalue weighted by Crippen LogP contribution is -2.38. The van der Waals surface area contributed by atoms with Crippen LogP contribution in [0.1, 0.15) is 52.2 Å². The van der Waals surface area contributed by atoms with Crippen molar-refractivity contribution >= 4 is 29.1 Å². The van der Waals surface area contributed by atoms with Crippen LogP contribution >= 0.6 is 11.3 Å². The van der Waals surface area contributed by atoms with E-state index in [0.717, 1.165) is 38.8 Å². The molecular formula is C34H34F3N5O4S. The fourth-order valence-corrected chi connectivity index (χ4v) is 7.13. The van der Waals surface area contributed by atoms with Gasteiger partial charge in [0.05, 0.1) is 47.6 Å². The summed E-state index contributed by atoms with van der Waals surface area (Å²) < 4.78 is 52.1. The van der Waals surface area contributed by atoms with Gasteiger partial charge in [0, 0.05) is 36.0 Å². The van der Waals surface area contributed by atoms with Crippen LogP contribution in [0, 0.1) is 20.8 Å². The average molecular weight is 666 g/mol. The number of aryl methyl sites for hydroxylation is 3. The molecule has 2 fully saturated rings.